The van der Waals surface area contributed by atoms with Crippen LogP contribution in [0.3, 0.4) is 0 Å². The summed E-state index contributed by atoms with van der Waals surface area (Å²) in [6, 6.07) is 6.02. The molecule has 0 heterocycles. The maximum atomic E-state index is 11.4. The highest BCUT2D eigenvalue weighted by Crippen LogP contribution is 2.19. The lowest BCUT2D eigenvalue weighted by molar-refractivity contribution is 0.0600. The van der Waals surface area contributed by atoms with Gasteiger partial charge in [-0.15, -0.1) is 0 Å². The van der Waals surface area contributed by atoms with Gasteiger partial charge in [-0.25, -0.2) is 4.79 Å². The first-order valence-corrected chi connectivity index (χ1v) is 6.39. The Morgan fingerprint density at radius 3 is 2.50 bits per heavy atom. The Morgan fingerprint density at radius 1 is 1.33 bits per heavy atom. The first-order chi connectivity index (χ1) is 8.43. The van der Waals surface area contributed by atoms with Crippen LogP contribution in [0.15, 0.2) is 18.2 Å². The topological polar surface area (TPSA) is 38.3 Å². The van der Waals surface area contributed by atoms with Gasteiger partial charge in [-0.3, -0.25) is 0 Å². The molecule has 0 spiro atoms. The Balaban J connectivity index is 2.76. The molecule has 1 unspecified atom stereocenters. The summed E-state index contributed by atoms with van der Waals surface area (Å²) in [6.45, 7) is 8.60. The van der Waals surface area contributed by atoms with Crippen LogP contribution in [0.25, 0.3) is 0 Å². The second-order valence-corrected chi connectivity index (χ2v) is 5.20. The van der Waals surface area contributed by atoms with Crippen molar-refractivity contribution in [3.63, 3.8) is 0 Å². The van der Waals surface area contributed by atoms with Crippen molar-refractivity contribution in [3.8, 4) is 0 Å². The summed E-state index contributed by atoms with van der Waals surface area (Å²) in [6.07, 6.45) is 1.12. The standard InChI is InChI=1S/C15H23NO2/c1-10(2)8-12(4)16-14-7-6-13(9-11(14)3)15(17)18-5/h6-7,9-10,12,16H,8H2,1-5H3. The molecule has 0 aliphatic rings. The second-order valence-electron chi connectivity index (χ2n) is 5.20. The highest BCUT2D eigenvalue weighted by Gasteiger charge is 2.10. The minimum atomic E-state index is -0.292. The van der Waals surface area contributed by atoms with E-state index in [1.807, 2.05) is 19.1 Å². The molecule has 1 N–H and O–H groups in total. The number of nitrogens with one attached hydrogen (secondary N) is 1. The minimum absolute atomic E-state index is 0.292. The van der Waals surface area contributed by atoms with Crippen LogP contribution in [0.5, 0.6) is 0 Å². The van der Waals surface area contributed by atoms with E-state index in [0.717, 1.165) is 17.7 Å². The number of aryl methyl sites for hydroxylation is 1. The second kappa shape index (κ2) is 6.43. The lowest BCUT2D eigenvalue weighted by Gasteiger charge is -2.19. The maximum absolute atomic E-state index is 11.4. The number of carbonyl (C=O) groups excluding carboxylic acids is 1. The van der Waals surface area contributed by atoms with Gasteiger partial charge in [0.15, 0.2) is 0 Å². The van der Waals surface area contributed by atoms with Crippen LogP contribution in [0, 0.1) is 12.8 Å². The van der Waals surface area contributed by atoms with Crippen molar-refractivity contribution >= 4 is 11.7 Å². The number of ether oxygens (including phenoxy) is 1. The number of esters is 1. The number of methoxy groups -OCH3 is 1. The normalized spacial score (nSPS) is 12.3. The molecule has 0 aliphatic carbocycles. The summed E-state index contributed by atoms with van der Waals surface area (Å²) in [4.78, 5) is 11.4. The van der Waals surface area contributed by atoms with Gasteiger partial charge in [0, 0.05) is 11.7 Å². The molecule has 0 amide bonds. The van der Waals surface area contributed by atoms with Gasteiger partial charge in [-0.05, 0) is 49.9 Å². The summed E-state index contributed by atoms with van der Waals surface area (Å²) < 4.78 is 4.71. The molecular formula is C15H23NO2. The molecule has 0 saturated heterocycles. The zero-order valence-corrected chi connectivity index (χ0v) is 11.9. The fraction of sp³-hybridized carbons (Fsp3) is 0.533. The molecule has 0 radical (unpaired) electrons. The Bertz CT molecular complexity index is 413. The highest BCUT2D eigenvalue weighted by atomic mass is 16.5. The molecule has 3 heteroatoms. The van der Waals surface area contributed by atoms with Crippen LogP contribution in [-0.4, -0.2) is 19.1 Å². The van der Waals surface area contributed by atoms with Crippen LogP contribution < -0.4 is 5.32 Å². The third kappa shape index (κ3) is 4.06. The SMILES string of the molecule is COC(=O)c1ccc(NC(C)CC(C)C)c(C)c1. The van der Waals surface area contributed by atoms with Crippen molar-refractivity contribution in [3.05, 3.63) is 29.3 Å². The molecule has 0 fully saturated rings. The molecule has 1 rings (SSSR count). The molecule has 0 bridgehead atoms. The Hall–Kier alpha value is -1.51. The molecule has 1 atom stereocenters. The van der Waals surface area contributed by atoms with E-state index in [1.54, 1.807) is 6.07 Å². The number of hydrogen-bond donors (Lipinski definition) is 1. The summed E-state index contributed by atoms with van der Waals surface area (Å²) in [5.74, 6) is 0.377. The van der Waals surface area contributed by atoms with Crippen LogP contribution in [0.4, 0.5) is 5.69 Å². The molecule has 1 aromatic carbocycles. The van der Waals surface area contributed by atoms with E-state index in [2.05, 4.69) is 26.1 Å². The number of anilines is 1. The van der Waals surface area contributed by atoms with Gasteiger partial charge in [0.1, 0.15) is 0 Å². The molecule has 100 valence electrons. The van der Waals surface area contributed by atoms with Crippen molar-refractivity contribution in [2.45, 2.75) is 40.2 Å². The summed E-state index contributed by atoms with van der Waals surface area (Å²) >= 11 is 0. The van der Waals surface area contributed by atoms with Crippen LogP contribution >= 0.6 is 0 Å². The fourth-order valence-corrected chi connectivity index (χ4v) is 2.10. The van der Waals surface area contributed by atoms with Gasteiger partial charge < -0.3 is 10.1 Å². The van der Waals surface area contributed by atoms with Gasteiger partial charge in [-0.2, -0.15) is 0 Å². The number of carbonyl (C=O) groups is 1. The third-order valence-corrected chi connectivity index (χ3v) is 2.87. The summed E-state index contributed by atoms with van der Waals surface area (Å²) in [5.41, 5.74) is 2.74. The zero-order valence-electron chi connectivity index (χ0n) is 11.9. The van der Waals surface area contributed by atoms with E-state index in [9.17, 15) is 4.79 Å². The van der Waals surface area contributed by atoms with Crippen molar-refractivity contribution in [1.82, 2.24) is 0 Å². The van der Waals surface area contributed by atoms with E-state index in [0.29, 0.717) is 17.5 Å². The van der Waals surface area contributed by atoms with Gasteiger partial charge in [0.25, 0.3) is 0 Å². The van der Waals surface area contributed by atoms with E-state index < -0.39 is 0 Å². The fourth-order valence-electron chi connectivity index (χ4n) is 2.10. The maximum Gasteiger partial charge on any atom is 0.337 e. The number of hydrogen-bond acceptors (Lipinski definition) is 3. The van der Waals surface area contributed by atoms with E-state index in [1.165, 1.54) is 7.11 Å². The van der Waals surface area contributed by atoms with Crippen LogP contribution in [0.1, 0.15) is 43.1 Å². The zero-order chi connectivity index (χ0) is 13.7. The molecule has 1 aromatic rings. The number of benzene rings is 1. The Morgan fingerprint density at radius 2 is 2.00 bits per heavy atom. The monoisotopic (exact) mass is 249 g/mol. The first kappa shape index (κ1) is 14.6. The van der Waals surface area contributed by atoms with Crippen molar-refractivity contribution in [2.24, 2.45) is 5.92 Å². The van der Waals surface area contributed by atoms with Gasteiger partial charge >= 0.3 is 5.97 Å². The van der Waals surface area contributed by atoms with Crippen LogP contribution in [-0.2, 0) is 4.74 Å². The van der Waals surface area contributed by atoms with Crippen molar-refractivity contribution in [1.29, 1.82) is 0 Å². The quantitative estimate of drug-likeness (QED) is 0.810. The third-order valence-electron chi connectivity index (χ3n) is 2.87. The van der Waals surface area contributed by atoms with E-state index in [-0.39, 0.29) is 5.97 Å². The predicted octanol–water partition coefficient (Wildman–Crippen LogP) is 3.63. The molecular weight excluding hydrogens is 226 g/mol. The average Bonchev–Trinajstić information content (AvgIpc) is 2.29. The smallest absolute Gasteiger partial charge is 0.337 e. The Kier molecular flexibility index (Phi) is 5.20. The Labute approximate surface area is 110 Å². The van der Waals surface area contributed by atoms with Crippen LogP contribution in [0.2, 0.25) is 0 Å². The van der Waals surface area contributed by atoms with Gasteiger partial charge in [0.2, 0.25) is 0 Å². The minimum Gasteiger partial charge on any atom is -0.465 e. The molecule has 18 heavy (non-hydrogen) atoms. The van der Waals surface area contributed by atoms with Crippen molar-refractivity contribution < 1.29 is 9.53 Å². The first-order valence-electron chi connectivity index (χ1n) is 6.39. The summed E-state index contributed by atoms with van der Waals surface area (Å²) in [7, 11) is 1.40. The van der Waals surface area contributed by atoms with E-state index in [4.69, 9.17) is 4.74 Å². The predicted molar refractivity (Wildman–Crippen MR) is 75.1 cm³/mol. The molecule has 0 aliphatic heterocycles. The van der Waals surface area contributed by atoms with E-state index >= 15 is 0 Å². The van der Waals surface area contributed by atoms with Gasteiger partial charge in [0.05, 0.1) is 12.7 Å². The molecule has 3 nitrogen and oxygen atoms in total. The largest absolute Gasteiger partial charge is 0.465 e. The van der Waals surface area contributed by atoms with Gasteiger partial charge in [-0.1, -0.05) is 13.8 Å². The lowest BCUT2D eigenvalue weighted by Crippen LogP contribution is -2.18. The molecule has 0 saturated carbocycles. The highest BCUT2D eigenvalue weighted by molar-refractivity contribution is 5.90. The lowest BCUT2D eigenvalue weighted by atomic mass is 10.0. The number of rotatable bonds is 5. The average molecular weight is 249 g/mol. The molecule has 0 aromatic heterocycles. The van der Waals surface area contributed by atoms with Crippen molar-refractivity contribution in [2.75, 3.05) is 12.4 Å². The summed E-state index contributed by atoms with van der Waals surface area (Å²) in [5, 5.41) is 3.47.